The molecule has 0 radical (unpaired) electrons. The van der Waals surface area contributed by atoms with Gasteiger partial charge >= 0.3 is 0 Å². The van der Waals surface area contributed by atoms with Crippen LogP contribution < -0.4 is 14.2 Å². The molecule has 0 N–H and O–H groups in total. The number of rotatable bonds is 7. The second-order valence-corrected chi connectivity index (χ2v) is 5.45. The highest BCUT2D eigenvalue weighted by Gasteiger charge is 2.20. The maximum Gasteiger partial charge on any atom is 0.257 e. The van der Waals surface area contributed by atoms with E-state index in [0.29, 0.717) is 29.4 Å². The third-order valence-electron chi connectivity index (χ3n) is 3.15. The quantitative estimate of drug-likeness (QED) is 0.726. The molecular weight excluding hydrogens is 294 g/mol. The molecule has 1 rings (SSSR count). The van der Waals surface area contributed by atoms with Crippen LogP contribution in [0.2, 0.25) is 0 Å². The number of carbonyl (C=O) groups is 1. The summed E-state index contributed by atoms with van der Waals surface area (Å²) in [7, 11) is 6.31. The highest BCUT2D eigenvalue weighted by molar-refractivity contribution is 6.20. The number of amides is 1. The van der Waals surface area contributed by atoms with Gasteiger partial charge in [-0.15, -0.1) is 11.6 Å². The fourth-order valence-corrected chi connectivity index (χ4v) is 1.97. The lowest BCUT2D eigenvalue weighted by Crippen LogP contribution is -2.29. The Labute approximate surface area is 130 Å². The zero-order valence-corrected chi connectivity index (χ0v) is 13.9. The second kappa shape index (κ2) is 7.98. The SMILES string of the molecule is COc1cc(OC)c(C(=O)N(C)CCC(C)Cl)cc1OC. The number of ether oxygens (including phenoxy) is 3. The van der Waals surface area contributed by atoms with E-state index in [9.17, 15) is 4.79 Å². The molecule has 1 aromatic rings. The predicted molar refractivity (Wildman–Crippen MR) is 83.0 cm³/mol. The first-order chi connectivity index (χ1) is 9.94. The molecule has 0 aliphatic rings. The topological polar surface area (TPSA) is 48.0 Å². The number of benzene rings is 1. The molecule has 118 valence electrons. The highest BCUT2D eigenvalue weighted by Crippen LogP contribution is 2.35. The molecule has 0 fully saturated rings. The molecule has 0 spiro atoms. The number of hydrogen-bond acceptors (Lipinski definition) is 4. The Balaban J connectivity index is 3.07. The Bertz CT molecular complexity index is 491. The van der Waals surface area contributed by atoms with Gasteiger partial charge in [0.15, 0.2) is 11.5 Å². The van der Waals surface area contributed by atoms with Crippen LogP contribution in [0.1, 0.15) is 23.7 Å². The molecule has 6 heteroatoms. The van der Waals surface area contributed by atoms with Crippen LogP contribution in [-0.4, -0.2) is 51.1 Å². The van der Waals surface area contributed by atoms with Gasteiger partial charge in [-0.25, -0.2) is 0 Å². The molecule has 1 amide bonds. The Morgan fingerprint density at radius 1 is 1.14 bits per heavy atom. The monoisotopic (exact) mass is 315 g/mol. The molecule has 0 aliphatic carbocycles. The van der Waals surface area contributed by atoms with Crippen molar-refractivity contribution in [2.75, 3.05) is 34.9 Å². The van der Waals surface area contributed by atoms with E-state index in [1.165, 1.54) is 21.3 Å². The Kier molecular flexibility index (Phi) is 6.62. The summed E-state index contributed by atoms with van der Waals surface area (Å²) >= 11 is 5.92. The van der Waals surface area contributed by atoms with E-state index < -0.39 is 0 Å². The maximum atomic E-state index is 12.5. The first-order valence-electron chi connectivity index (χ1n) is 6.64. The van der Waals surface area contributed by atoms with Crippen molar-refractivity contribution in [2.24, 2.45) is 0 Å². The van der Waals surface area contributed by atoms with Crippen LogP contribution >= 0.6 is 11.6 Å². The smallest absolute Gasteiger partial charge is 0.257 e. The van der Waals surface area contributed by atoms with Gasteiger partial charge in [0.25, 0.3) is 5.91 Å². The van der Waals surface area contributed by atoms with Crippen LogP contribution in [0.3, 0.4) is 0 Å². The Hall–Kier alpha value is -1.62. The van der Waals surface area contributed by atoms with Gasteiger partial charge in [-0.1, -0.05) is 0 Å². The van der Waals surface area contributed by atoms with Crippen molar-refractivity contribution >= 4 is 17.5 Å². The molecule has 1 atom stereocenters. The summed E-state index contributed by atoms with van der Waals surface area (Å²) in [5.74, 6) is 1.30. The lowest BCUT2D eigenvalue weighted by molar-refractivity contribution is 0.0790. The molecule has 0 saturated carbocycles. The van der Waals surface area contributed by atoms with Crippen LogP contribution in [0.15, 0.2) is 12.1 Å². The zero-order chi connectivity index (χ0) is 16.0. The molecular formula is C15H22ClNO4. The molecule has 0 bridgehead atoms. The van der Waals surface area contributed by atoms with Crippen molar-refractivity contribution < 1.29 is 19.0 Å². The van der Waals surface area contributed by atoms with E-state index in [0.717, 1.165) is 6.42 Å². The second-order valence-electron chi connectivity index (χ2n) is 4.70. The van der Waals surface area contributed by atoms with Gasteiger partial charge in [-0.2, -0.15) is 0 Å². The summed E-state index contributed by atoms with van der Waals surface area (Å²) in [6.45, 7) is 2.47. The molecule has 1 unspecified atom stereocenters. The number of alkyl halides is 1. The molecule has 0 aromatic heterocycles. The van der Waals surface area contributed by atoms with Crippen molar-refractivity contribution in [2.45, 2.75) is 18.7 Å². The van der Waals surface area contributed by atoms with Crippen molar-refractivity contribution in [3.05, 3.63) is 17.7 Å². The minimum absolute atomic E-state index is 0.0209. The molecule has 0 aliphatic heterocycles. The van der Waals surface area contributed by atoms with E-state index in [1.807, 2.05) is 6.92 Å². The highest BCUT2D eigenvalue weighted by atomic mass is 35.5. The summed E-state index contributed by atoms with van der Waals surface area (Å²) in [6, 6.07) is 3.27. The fraction of sp³-hybridized carbons (Fsp3) is 0.533. The minimum Gasteiger partial charge on any atom is -0.496 e. The number of carbonyl (C=O) groups excluding carboxylic acids is 1. The summed E-state index contributed by atoms with van der Waals surface area (Å²) < 4.78 is 15.7. The van der Waals surface area contributed by atoms with Gasteiger partial charge in [-0.05, 0) is 13.3 Å². The molecule has 0 saturated heterocycles. The summed E-state index contributed by atoms with van der Waals surface area (Å²) in [4.78, 5) is 14.1. The lowest BCUT2D eigenvalue weighted by atomic mass is 10.1. The number of hydrogen-bond donors (Lipinski definition) is 0. The minimum atomic E-state index is -0.148. The van der Waals surface area contributed by atoms with E-state index >= 15 is 0 Å². The summed E-state index contributed by atoms with van der Waals surface area (Å²) in [6.07, 6.45) is 0.722. The van der Waals surface area contributed by atoms with Crippen molar-refractivity contribution in [3.8, 4) is 17.2 Å². The van der Waals surface area contributed by atoms with E-state index in [-0.39, 0.29) is 11.3 Å². The van der Waals surface area contributed by atoms with Crippen LogP contribution in [0, 0.1) is 0 Å². The average molecular weight is 316 g/mol. The van der Waals surface area contributed by atoms with Gasteiger partial charge in [0.1, 0.15) is 5.75 Å². The van der Waals surface area contributed by atoms with Crippen LogP contribution in [0.25, 0.3) is 0 Å². The van der Waals surface area contributed by atoms with Gasteiger partial charge in [0, 0.05) is 31.1 Å². The van der Waals surface area contributed by atoms with Crippen LogP contribution in [-0.2, 0) is 0 Å². The number of methoxy groups -OCH3 is 3. The summed E-state index contributed by atoms with van der Waals surface area (Å²) in [5, 5.41) is 0.0209. The molecule has 5 nitrogen and oxygen atoms in total. The van der Waals surface area contributed by atoms with E-state index in [2.05, 4.69) is 0 Å². The van der Waals surface area contributed by atoms with Gasteiger partial charge in [0.2, 0.25) is 0 Å². The van der Waals surface area contributed by atoms with Gasteiger partial charge in [-0.3, -0.25) is 4.79 Å². The third kappa shape index (κ3) is 4.43. The maximum absolute atomic E-state index is 12.5. The molecule has 0 heterocycles. The first-order valence-corrected chi connectivity index (χ1v) is 7.07. The van der Waals surface area contributed by atoms with E-state index in [1.54, 1.807) is 24.1 Å². The average Bonchev–Trinajstić information content (AvgIpc) is 2.50. The van der Waals surface area contributed by atoms with Gasteiger partial charge < -0.3 is 19.1 Å². The van der Waals surface area contributed by atoms with Crippen LogP contribution in [0.4, 0.5) is 0 Å². The number of nitrogens with zero attached hydrogens (tertiary/aromatic N) is 1. The van der Waals surface area contributed by atoms with Crippen molar-refractivity contribution in [3.63, 3.8) is 0 Å². The Morgan fingerprint density at radius 3 is 2.14 bits per heavy atom. The van der Waals surface area contributed by atoms with Crippen LogP contribution in [0.5, 0.6) is 17.2 Å². The summed E-state index contributed by atoms with van der Waals surface area (Å²) in [5.41, 5.74) is 0.430. The van der Waals surface area contributed by atoms with Crippen molar-refractivity contribution in [1.82, 2.24) is 4.90 Å². The lowest BCUT2D eigenvalue weighted by Gasteiger charge is -2.20. The number of halogens is 1. The van der Waals surface area contributed by atoms with Gasteiger partial charge in [0.05, 0.1) is 26.9 Å². The molecule has 1 aromatic carbocycles. The molecule has 21 heavy (non-hydrogen) atoms. The third-order valence-corrected chi connectivity index (χ3v) is 3.36. The normalized spacial score (nSPS) is 11.7. The fourth-order valence-electron chi connectivity index (χ4n) is 1.88. The zero-order valence-electron chi connectivity index (χ0n) is 13.1. The standard InChI is InChI=1S/C15H22ClNO4/c1-10(16)6-7-17(2)15(18)11-8-13(20-4)14(21-5)9-12(11)19-3/h8-10H,6-7H2,1-5H3. The van der Waals surface area contributed by atoms with Crippen molar-refractivity contribution in [1.29, 1.82) is 0 Å². The predicted octanol–water partition coefficient (Wildman–Crippen LogP) is 2.80. The Morgan fingerprint density at radius 2 is 1.67 bits per heavy atom. The van der Waals surface area contributed by atoms with E-state index in [4.69, 9.17) is 25.8 Å². The first kappa shape index (κ1) is 17.4. The largest absolute Gasteiger partial charge is 0.496 e.